The third-order valence-corrected chi connectivity index (χ3v) is 5.54. The van der Waals surface area contributed by atoms with Crippen LogP contribution in [0.2, 0.25) is 0 Å². The van der Waals surface area contributed by atoms with Crippen LogP contribution in [0.15, 0.2) is 60.8 Å². The average molecular weight is 371 g/mol. The number of hydrogen-bond donors (Lipinski definition) is 1. The molecule has 0 saturated heterocycles. The minimum absolute atomic E-state index is 0.0707. The number of carbonyl (C=O) groups excluding carboxylic acids is 1. The van der Waals surface area contributed by atoms with Gasteiger partial charge in [-0.2, -0.15) is 0 Å². The maximum Gasteiger partial charge on any atom is 0.253 e. The molecule has 1 aromatic carbocycles. The summed E-state index contributed by atoms with van der Waals surface area (Å²) in [5, 5.41) is 4.06. The van der Waals surface area contributed by atoms with Crippen molar-refractivity contribution in [1.29, 1.82) is 0 Å². The van der Waals surface area contributed by atoms with Crippen LogP contribution < -0.4 is 5.32 Å². The first-order valence-corrected chi connectivity index (χ1v) is 9.90. The third kappa shape index (κ3) is 3.68. The van der Waals surface area contributed by atoms with Crippen molar-refractivity contribution in [3.05, 3.63) is 83.2 Å². The molecule has 28 heavy (non-hydrogen) atoms. The second kappa shape index (κ2) is 7.93. The number of nitrogens with one attached hydrogen (secondary N) is 1. The molecule has 1 aliphatic carbocycles. The van der Waals surface area contributed by atoms with Crippen molar-refractivity contribution in [3.8, 4) is 0 Å². The van der Waals surface area contributed by atoms with Crippen LogP contribution in [0.25, 0.3) is 11.0 Å². The molecular weight excluding hydrogens is 346 g/mol. The largest absolute Gasteiger partial charge is 0.345 e. The highest BCUT2D eigenvalue weighted by molar-refractivity contribution is 5.98. The van der Waals surface area contributed by atoms with Gasteiger partial charge in [0.25, 0.3) is 5.91 Å². The molecule has 0 radical (unpaired) electrons. The highest BCUT2D eigenvalue weighted by atomic mass is 16.1. The van der Waals surface area contributed by atoms with Crippen LogP contribution in [-0.2, 0) is 0 Å². The van der Waals surface area contributed by atoms with E-state index in [1.54, 1.807) is 6.20 Å². The number of allylic oxidation sites excluding steroid dienone is 2. The Kier molecular flexibility index (Phi) is 5.20. The Bertz CT molecular complexity index is 1040. The highest BCUT2D eigenvalue weighted by Crippen LogP contribution is 2.33. The van der Waals surface area contributed by atoms with Crippen LogP contribution in [0.1, 0.15) is 65.3 Å². The predicted molar refractivity (Wildman–Crippen MR) is 112 cm³/mol. The Labute approximate surface area is 165 Å². The number of aryl methyl sites for hydroxylation is 1. The van der Waals surface area contributed by atoms with Crippen LogP contribution in [0.4, 0.5) is 0 Å². The van der Waals surface area contributed by atoms with E-state index in [4.69, 9.17) is 0 Å². The van der Waals surface area contributed by atoms with E-state index >= 15 is 0 Å². The van der Waals surface area contributed by atoms with Crippen molar-refractivity contribution in [2.75, 3.05) is 0 Å². The second-order valence-electron chi connectivity index (χ2n) is 7.48. The van der Waals surface area contributed by atoms with Gasteiger partial charge < -0.3 is 5.32 Å². The molecule has 142 valence electrons. The van der Waals surface area contributed by atoms with E-state index in [-0.39, 0.29) is 11.9 Å². The predicted octanol–water partition coefficient (Wildman–Crippen LogP) is 5.25. The van der Waals surface area contributed by atoms with E-state index in [0.29, 0.717) is 22.8 Å². The van der Waals surface area contributed by atoms with Crippen LogP contribution >= 0.6 is 0 Å². The molecule has 1 N–H and O–H groups in total. The lowest BCUT2D eigenvalue weighted by molar-refractivity contribution is 0.0939. The fraction of sp³-hybridized carbons (Fsp3) is 0.292. The smallest absolute Gasteiger partial charge is 0.253 e. The Morgan fingerprint density at radius 1 is 1.18 bits per heavy atom. The average Bonchev–Trinajstić information content (AvgIpc) is 2.73. The van der Waals surface area contributed by atoms with Crippen LogP contribution in [0.3, 0.4) is 0 Å². The van der Waals surface area contributed by atoms with E-state index in [1.807, 2.05) is 25.1 Å². The number of amides is 1. The van der Waals surface area contributed by atoms with Crippen LogP contribution in [0, 0.1) is 6.92 Å². The van der Waals surface area contributed by atoms with Crippen molar-refractivity contribution in [3.63, 3.8) is 0 Å². The second-order valence-corrected chi connectivity index (χ2v) is 7.48. The zero-order valence-electron chi connectivity index (χ0n) is 16.4. The van der Waals surface area contributed by atoms with Crippen molar-refractivity contribution in [2.45, 2.75) is 45.1 Å². The fourth-order valence-corrected chi connectivity index (χ4v) is 4.03. The number of rotatable bonds is 4. The maximum atomic E-state index is 13.0. The Morgan fingerprint density at radius 2 is 2.04 bits per heavy atom. The number of nitrogens with zero attached hydrogens (tertiary/aromatic N) is 2. The van der Waals surface area contributed by atoms with E-state index in [9.17, 15) is 4.79 Å². The lowest BCUT2D eigenvalue weighted by atomic mass is 9.83. The number of hydrogen-bond acceptors (Lipinski definition) is 3. The van der Waals surface area contributed by atoms with Crippen LogP contribution in [0.5, 0.6) is 0 Å². The summed E-state index contributed by atoms with van der Waals surface area (Å²) < 4.78 is 0. The van der Waals surface area contributed by atoms with Gasteiger partial charge in [0.05, 0.1) is 17.3 Å². The zero-order valence-corrected chi connectivity index (χ0v) is 16.4. The van der Waals surface area contributed by atoms with Crippen molar-refractivity contribution >= 4 is 16.9 Å². The van der Waals surface area contributed by atoms with E-state index in [1.165, 1.54) is 11.1 Å². The zero-order chi connectivity index (χ0) is 19.5. The van der Waals surface area contributed by atoms with Gasteiger partial charge in [-0.1, -0.05) is 36.4 Å². The molecule has 1 aliphatic rings. The van der Waals surface area contributed by atoms with Gasteiger partial charge in [0.15, 0.2) is 5.65 Å². The summed E-state index contributed by atoms with van der Waals surface area (Å²) in [5.41, 5.74) is 4.51. The van der Waals surface area contributed by atoms with Gasteiger partial charge in [-0.15, -0.1) is 0 Å². The normalized spacial score (nSPS) is 17.4. The number of fused-ring (bicyclic) bond motifs is 1. The Balaban J connectivity index is 1.59. The summed E-state index contributed by atoms with van der Waals surface area (Å²) in [7, 11) is 0. The monoisotopic (exact) mass is 371 g/mol. The summed E-state index contributed by atoms with van der Waals surface area (Å²) in [4.78, 5) is 21.8. The first-order valence-electron chi connectivity index (χ1n) is 9.90. The highest BCUT2D eigenvalue weighted by Gasteiger charge is 2.21. The minimum Gasteiger partial charge on any atom is -0.345 e. The van der Waals surface area contributed by atoms with E-state index < -0.39 is 0 Å². The van der Waals surface area contributed by atoms with Gasteiger partial charge >= 0.3 is 0 Å². The molecule has 2 aromatic heterocycles. The third-order valence-electron chi connectivity index (χ3n) is 5.54. The fourth-order valence-electron chi connectivity index (χ4n) is 4.03. The van der Waals surface area contributed by atoms with Gasteiger partial charge in [-0.25, -0.2) is 9.97 Å². The van der Waals surface area contributed by atoms with Gasteiger partial charge in [-0.3, -0.25) is 4.79 Å². The Hall–Kier alpha value is -3.01. The van der Waals surface area contributed by atoms with Gasteiger partial charge in [0, 0.05) is 11.6 Å². The molecule has 4 rings (SSSR count). The molecule has 3 aromatic rings. The van der Waals surface area contributed by atoms with E-state index in [0.717, 1.165) is 24.6 Å². The van der Waals surface area contributed by atoms with Crippen molar-refractivity contribution < 1.29 is 4.79 Å². The molecule has 2 heterocycles. The number of aromatic nitrogens is 2. The molecule has 4 nitrogen and oxygen atoms in total. The molecule has 2 unspecified atom stereocenters. The summed E-state index contributed by atoms with van der Waals surface area (Å²) >= 11 is 0. The molecule has 2 atom stereocenters. The summed E-state index contributed by atoms with van der Waals surface area (Å²) in [5.74, 6) is 0.428. The first-order chi connectivity index (χ1) is 13.6. The maximum absolute atomic E-state index is 13.0. The lowest BCUT2D eigenvalue weighted by Gasteiger charge is -2.25. The molecule has 1 amide bonds. The van der Waals surface area contributed by atoms with E-state index in [2.05, 4.69) is 58.6 Å². The summed E-state index contributed by atoms with van der Waals surface area (Å²) in [6.07, 6.45) is 9.60. The topological polar surface area (TPSA) is 54.9 Å². The first kappa shape index (κ1) is 18.4. The van der Waals surface area contributed by atoms with Crippen molar-refractivity contribution in [1.82, 2.24) is 15.3 Å². The molecule has 0 bridgehead atoms. The standard InChI is InChI=1S/C24H25N3O/c1-16(20-12-6-7-13-21(20)18-9-4-3-5-10-18)27-24(28)22-15-19-11-8-14-25-23(19)26-17(22)2/h3-4,6-8,11-16,18H,5,9-10H2,1-2H3,(H,27,28). The lowest BCUT2D eigenvalue weighted by Crippen LogP contribution is -2.28. The molecular formula is C24H25N3O. The number of pyridine rings is 2. The van der Waals surface area contributed by atoms with Gasteiger partial charge in [0.1, 0.15) is 0 Å². The molecule has 0 saturated carbocycles. The molecule has 0 aliphatic heterocycles. The van der Waals surface area contributed by atoms with Crippen molar-refractivity contribution in [2.24, 2.45) is 0 Å². The Morgan fingerprint density at radius 3 is 2.86 bits per heavy atom. The molecule has 0 spiro atoms. The summed E-state index contributed by atoms with van der Waals surface area (Å²) in [6.45, 7) is 3.91. The number of benzene rings is 1. The SMILES string of the molecule is Cc1nc2ncccc2cc1C(=O)NC(C)c1ccccc1C1CC=CCC1. The quantitative estimate of drug-likeness (QED) is 0.637. The minimum atomic E-state index is -0.0957. The number of carbonyl (C=O) groups is 1. The van der Waals surface area contributed by atoms with Gasteiger partial charge in [-0.05, 0) is 68.4 Å². The van der Waals surface area contributed by atoms with Crippen LogP contribution in [-0.4, -0.2) is 15.9 Å². The summed E-state index contributed by atoms with van der Waals surface area (Å²) in [6, 6.07) is 14.1. The molecule has 4 heteroatoms. The molecule has 0 fully saturated rings. The van der Waals surface area contributed by atoms with Gasteiger partial charge in [0.2, 0.25) is 0 Å².